The fraction of sp³-hybridized carbons (Fsp3) is 0.806. The number of ketones is 1. The van der Waals surface area contributed by atoms with E-state index in [4.69, 9.17) is 9.47 Å². The fourth-order valence-corrected chi connectivity index (χ4v) is 5.54. The largest absolute Gasteiger partial charge is 0.462 e. The van der Waals surface area contributed by atoms with Crippen LogP contribution in [0.4, 0.5) is 0 Å². The summed E-state index contributed by atoms with van der Waals surface area (Å²) in [6.07, 6.45) is 20.4. The van der Waals surface area contributed by atoms with E-state index in [1.165, 1.54) is 32.1 Å². The number of unbranched alkanes of at least 4 members (excludes halogenated alkanes) is 9. The third-order valence-electron chi connectivity index (χ3n) is 8.29. The van der Waals surface area contributed by atoms with Crippen molar-refractivity contribution < 1.29 is 39.2 Å². The van der Waals surface area contributed by atoms with Crippen molar-refractivity contribution in [3.63, 3.8) is 0 Å². The van der Waals surface area contributed by atoms with Gasteiger partial charge in [0.2, 0.25) is 0 Å². The molecule has 8 nitrogen and oxygen atoms in total. The fourth-order valence-electron chi connectivity index (χ4n) is 5.54. The van der Waals surface area contributed by atoms with Gasteiger partial charge in [-0.3, -0.25) is 14.4 Å². The van der Waals surface area contributed by atoms with E-state index in [0.717, 1.165) is 44.4 Å². The molecule has 3 N–H and O–H groups in total. The molecule has 1 aliphatic rings. The lowest BCUT2D eigenvalue weighted by Crippen LogP contribution is -2.28. The van der Waals surface area contributed by atoms with Gasteiger partial charge in [-0.1, -0.05) is 109 Å². The zero-order valence-electron chi connectivity index (χ0n) is 27.8. The summed E-state index contributed by atoms with van der Waals surface area (Å²) >= 11 is 0. The normalized spacial score (nSPS) is 20.2. The number of aliphatic hydroxyl groups is 3. The summed E-state index contributed by atoms with van der Waals surface area (Å²) in [7, 11) is 0. The third kappa shape index (κ3) is 19.4. The van der Waals surface area contributed by atoms with E-state index in [9.17, 15) is 29.7 Å². The molecule has 5 atom stereocenters. The van der Waals surface area contributed by atoms with E-state index in [0.29, 0.717) is 32.1 Å². The van der Waals surface area contributed by atoms with E-state index in [1.807, 2.05) is 12.2 Å². The van der Waals surface area contributed by atoms with Gasteiger partial charge in [-0.05, 0) is 38.0 Å². The molecule has 0 radical (unpaired) electrons. The minimum absolute atomic E-state index is 0.0305. The molecule has 8 heteroatoms. The Balaban J connectivity index is 2.21. The van der Waals surface area contributed by atoms with Crippen LogP contribution < -0.4 is 0 Å². The molecule has 0 spiro atoms. The SMILES string of the molecule is CCCCC[C@H](O)/C=C/[C@H]1[C@H](O)CC(=O)[C@@H]1C/C=C\CCCC(=O)OC[C@H](CO)OC(=O)CCCCCCCCCC(C)C. The van der Waals surface area contributed by atoms with Gasteiger partial charge in [0.05, 0.1) is 18.8 Å². The smallest absolute Gasteiger partial charge is 0.306 e. The molecule has 0 aromatic carbocycles. The number of Topliss-reactive ketones (excluding diaryl/α,β-unsaturated/α-hetero) is 1. The first-order valence-electron chi connectivity index (χ1n) is 17.4. The van der Waals surface area contributed by atoms with Gasteiger partial charge in [0.15, 0.2) is 6.10 Å². The maximum atomic E-state index is 12.4. The Morgan fingerprint density at radius 1 is 0.909 bits per heavy atom. The topological polar surface area (TPSA) is 130 Å². The number of ether oxygens (including phenoxy) is 2. The second-order valence-corrected chi connectivity index (χ2v) is 12.9. The number of carbonyl (C=O) groups is 3. The molecular weight excluding hydrogens is 560 g/mol. The molecule has 254 valence electrons. The average molecular weight is 623 g/mol. The minimum atomic E-state index is -0.856. The van der Waals surface area contributed by atoms with Crippen LogP contribution in [-0.2, 0) is 23.9 Å². The molecule has 1 aliphatic carbocycles. The van der Waals surface area contributed by atoms with Gasteiger partial charge < -0.3 is 24.8 Å². The molecule has 1 saturated carbocycles. The lowest BCUT2D eigenvalue weighted by Gasteiger charge is -2.16. The maximum Gasteiger partial charge on any atom is 0.306 e. The standard InChI is InChI=1S/C36H62O8/c1-4-5-13-19-29(38)23-24-32-31(33(39)25-34(32)40)20-15-11-12-16-21-35(41)43-27-30(26-37)44-36(42)22-17-10-8-6-7-9-14-18-28(2)3/h11,15,23-24,28-32,34,37-38,40H,4-10,12-14,16-22,25-27H2,1-3H3/b15-11-,24-23+/t29-,30-,31+,32+,34+/m0/s1. The predicted molar refractivity (Wildman–Crippen MR) is 174 cm³/mol. The van der Waals surface area contributed by atoms with Crippen molar-refractivity contribution in [3.8, 4) is 0 Å². The lowest BCUT2D eigenvalue weighted by atomic mass is 9.90. The number of carbonyl (C=O) groups excluding carboxylic acids is 3. The number of hydrogen-bond acceptors (Lipinski definition) is 8. The van der Waals surface area contributed by atoms with Gasteiger partial charge in [0.25, 0.3) is 0 Å². The van der Waals surface area contributed by atoms with Crippen LogP contribution in [0, 0.1) is 17.8 Å². The van der Waals surface area contributed by atoms with Crippen molar-refractivity contribution in [1.82, 2.24) is 0 Å². The molecule has 0 unspecified atom stereocenters. The van der Waals surface area contributed by atoms with Gasteiger partial charge >= 0.3 is 11.9 Å². The Hall–Kier alpha value is -2.03. The van der Waals surface area contributed by atoms with Crippen molar-refractivity contribution in [3.05, 3.63) is 24.3 Å². The van der Waals surface area contributed by atoms with Crippen LogP contribution >= 0.6 is 0 Å². The van der Waals surface area contributed by atoms with Crippen molar-refractivity contribution in [1.29, 1.82) is 0 Å². The van der Waals surface area contributed by atoms with E-state index in [-0.39, 0.29) is 43.0 Å². The first-order valence-corrected chi connectivity index (χ1v) is 17.4. The third-order valence-corrected chi connectivity index (χ3v) is 8.29. The Bertz CT molecular complexity index is 836. The summed E-state index contributed by atoms with van der Waals surface area (Å²) in [6, 6.07) is 0. The van der Waals surface area contributed by atoms with Crippen molar-refractivity contribution in [2.75, 3.05) is 13.2 Å². The molecule has 0 aromatic rings. The molecule has 0 aliphatic heterocycles. The van der Waals surface area contributed by atoms with Crippen LogP contribution in [0.25, 0.3) is 0 Å². The molecule has 0 saturated heterocycles. The Morgan fingerprint density at radius 2 is 1.57 bits per heavy atom. The Labute approximate surface area is 266 Å². The highest BCUT2D eigenvalue weighted by Gasteiger charge is 2.39. The van der Waals surface area contributed by atoms with E-state index in [2.05, 4.69) is 20.8 Å². The summed E-state index contributed by atoms with van der Waals surface area (Å²) in [5.41, 5.74) is 0. The first-order chi connectivity index (χ1) is 21.2. The average Bonchev–Trinajstić information content (AvgIpc) is 3.26. The first kappa shape index (κ1) is 40.0. The van der Waals surface area contributed by atoms with Crippen LogP contribution in [0.3, 0.4) is 0 Å². The molecule has 0 heterocycles. The van der Waals surface area contributed by atoms with Crippen LogP contribution in [0.1, 0.15) is 136 Å². The minimum Gasteiger partial charge on any atom is -0.462 e. The molecule has 0 bridgehead atoms. The number of esters is 2. The van der Waals surface area contributed by atoms with E-state index >= 15 is 0 Å². The molecule has 0 amide bonds. The zero-order chi connectivity index (χ0) is 32.6. The van der Waals surface area contributed by atoms with Gasteiger partial charge in [0, 0.05) is 31.1 Å². The molecular formula is C36H62O8. The second-order valence-electron chi connectivity index (χ2n) is 12.9. The summed E-state index contributed by atoms with van der Waals surface area (Å²) in [6.45, 7) is 6.05. The van der Waals surface area contributed by atoms with Gasteiger partial charge in [-0.25, -0.2) is 0 Å². The van der Waals surface area contributed by atoms with Gasteiger partial charge in [0.1, 0.15) is 12.4 Å². The van der Waals surface area contributed by atoms with Crippen molar-refractivity contribution >= 4 is 17.7 Å². The highest BCUT2D eigenvalue weighted by molar-refractivity contribution is 5.84. The van der Waals surface area contributed by atoms with Crippen molar-refractivity contribution in [2.45, 2.75) is 155 Å². The van der Waals surface area contributed by atoms with Gasteiger partial charge in [-0.15, -0.1) is 0 Å². The van der Waals surface area contributed by atoms with Gasteiger partial charge in [-0.2, -0.15) is 0 Å². The molecule has 1 fully saturated rings. The Kier molecular flexibility index (Phi) is 22.9. The number of aliphatic hydroxyl groups excluding tert-OH is 3. The lowest BCUT2D eigenvalue weighted by molar-refractivity contribution is -0.161. The van der Waals surface area contributed by atoms with Crippen LogP contribution in [0.2, 0.25) is 0 Å². The zero-order valence-corrected chi connectivity index (χ0v) is 27.8. The van der Waals surface area contributed by atoms with Crippen LogP contribution in [0.15, 0.2) is 24.3 Å². The molecule has 1 rings (SSSR count). The Morgan fingerprint density at radius 3 is 2.25 bits per heavy atom. The van der Waals surface area contributed by atoms with E-state index < -0.39 is 30.9 Å². The monoisotopic (exact) mass is 622 g/mol. The van der Waals surface area contributed by atoms with Crippen LogP contribution in [-0.4, -0.2) is 64.6 Å². The quantitative estimate of drug-likeness (QED) is 0.0547. The number of rotatable bonds is 26. The summed E-state index contributed by atoms with van der Waals surface area (Å²) in [5.74, 6) is -0.612. The number of allylic oxidation sites excluding steroid dienone is 2. The summed E-state index contributed by atoms with van der Waals surface area (Å²) in [5, 5.41) is 30.0. The molecule has 44 heavy (non-hydrogen) atoms. The highest BCUT2D eigenvalue weighted by atomic mass is 16.6. The van der Waals surface area contributed by atoms with Crippen LogP contribution in [0.5, 0.6) is 0 Å². The van der Waals surface area contributed by atoms with E-state index in [1.54, 1.807) is 12.2 Å². The second kappa shape index (κ2) is 25.2. The highest BCUT2D eigenvalue weighted by Crippen LogP contribution is 2.33. The molecule has 0 aromatic heterocycles. The number of hydrogen-bond donors (Lipinski definition) is 3. The maximum absolute atomic E-state index is 12.4. The summed E-state index contributed by atoms with van der Waals surface area (Å²) in [4.78, 5) is 36.6. The predicted octanol–water partition coefficient (Wildman–Crippen LogP) is 6.78. The van der Waals surface area contributed by atoms with Crippen molar-refractivity contribution in [2.24, 2.45) is 17.8 Å². The summed E-state index contributed by atoms with van der Waals surface area (Å²) < 4.78 is 10.5.